The maximum atomic E-state index is 13.2. The first-order valence-electron chi connectivity index (χ1n) is 4.11. The van der Waals surface area contributed by atoms with Crippen LogP contribution in [0.4, 0.5) is 10.1 Å². The van der Waals surface area contributed by atoms with Gasteiger partial charge in [-0.05, 0) is 12.1 Å². The quantitative estimate of drug-likeness (QED) is 0.558. The van der Waals surface area contributed by atoms with Crippen molar-refractivity contribution in [2.75, 3.05) is 0 Å². The molecule has 0 aliphatic rings. The highest BCUT2D eigenvalue weighted by Gasteiger charge is 2.20. The summed E-state index contributed by atoms with van der Waals surface area (Å²) >= 11 is 0. The molecule has 15 heavy (non-hydrogen) atoms. The first-order valence-corrected chi connectivity index (χ1v) is 4.11. The average Bonchev–Trinajstić information content (AvgIpc) is 2.69. The molecule has 6 heteroatoms. The van der Waals surface area contributed by atoms with Gasteiger partial charge in [0.1, 0.15) is 5.69 Å². The third-order valence-electron chi connectivity index (χ3n) is 1.93. The van der Waals surface area contributed by atoms with Gasteiger partial charge in [0.15, 0.2) is 0 Å². The van der Waals surface area contributed by atoms with Crippen molar-refractivity contribution >= 4 is 5.69 Å². The number of benzene rings is 1. The highest BCUT2D eigenvalue weighted by molar-refractivity contribution is 5.53. The Morgan fingerprint density at radius 2 is 2.27 bits per heavy atom. The number of para-hydroxylation sites is 1. The van der Waals surface area contributed by atoms with Crippen LogP contribution in [0.15, 0.2) is 36.9 Å². The van der Waals surface area contributed by atoms with Crippen LogP contribution in [0, 0.1) is 15.9 Å². The molecule has 0 aliphatic heterocycles. The van der Waals surface area contributed by atoms with Crippen molar-refractivity contribution in [2.45, 2.75) is 0 Å². The van der Waals surface area contributed by atoms with Crippen LogP contribution in [-0.4, -0.2) is 14.5 Å². The summed E-state index contributed by atoms with van der Waals surface area (Å²) in [5.41, 5.74) is -0.381. The Morgan fingerprint density at radius 3 is 2.87 bits per heavy atom. The van der Waals surface area contributed by atoms with Gasteiger partial charge in [0.2, 0.25) is 5.82 Å². The molecule has 0 atom stereocenters. The van der Waals surface area contributed by atoms with Crippen LogP contribution in [0.25, 0.3) is 5.69 Å². The van der Waals surface area contributed by atoms with Crippen LogP contribution in [0.3, 0.4) is 0 Å². The lowest BCUT2D eigenvalue weighted by atomic mass is 10.2. The van der Waals surface area contributed by atoms with Crippen molar-refractivity contribution in [1.29, 1.82) is 0 Å². The Kier molecular flexibility index (Phi) is 2.17. The summed E-state index contributed by atoms with van der Waals surface area (Å²) in [6.07, 6.45) is 4.36. The molecule has 2 rings (SSSR count). The highest BCUT2D eigenvalue weighted by Crippen LogP contribution is 2.25. The van der Waals surface area contributed by atoms with E-state index in [1.807, 2.05) is 0 Å². The lowest BCUT2D eigenvalue weighted by molar-refractivity contribution is -0.387. The van der Waals surface area contributed by atoms with Crippen molar-refractivity contribution in [3.8, 4) is 5.69 Å². The SMILES string of the molecule is O=[N+]([O-])c1c(F)cccc1-n1ccnc1. The molecule has 0 saturated heterocycles. The van der Waals surface area contributed by atoms with E-state index >= 15 is 0 Å². The minimum absolute atomic E-state index is 0.164. The molecule has 0 spiro atoms. The zero-order chi connectivity index (χ0) is 10.8. The van der Waals surface area contributed by atoms with E-state index in [9.17, 15) is 14.5 Å². The standard InChI is InChI=1S/C9H6FN3O2/c10-7-2-1-3-8(9(7)13(14)15)12-5-4-11-6-12/h1-6H. The van der Waals surface area contributed by atoms with E-state index in [1.54, 1.807) is 0 Å². The van der Waals surface area contributed by atoms with Gasteiger partial charge >= 0.3 is 5.69 Å². The number of halogens is 1. The van der Waals surface area contributed by atoms with E-state index in [-0.39, 0.29) is 5.69 Å². The molecule has 1 heterocycles. The monoisotopic (exact) mass is 207 g/mol. The second kappa shape index (κ2) is 3.49. The van der Waals surface area contributed by atoms with Gasteiger partial charge in [0.05, 0.1) is 11.3 Å². The summed E-state index contributed by atoms with van der Waals surface area (Å²) in [6, 6.07) is 3.93. The van der Waals surface area contributed by atoms with Crippen molar-refractivity contribution in [2.24, 2.45) is 0 Å². The Hall–Kier alpha value is -2.24. The Morgan fingerprint density at radius 1 is 1.47 bits per heavy atom. The number of hydrogen-bond acceptors (Lipinski definition) is 3. The summed E-state index contributed by atoms with van der Waals surface area (Å²) < 4.78 is 14.6. The number of nitro benzene ring substituents is 1. The van der Waals surface area contributed by atoms with E-state index in [0.29, 0.717) is 0 Å². The van der Waals surface area contributed by atoms with Crippen LogP contribution in [-0.2, 0) is 0 Å². The topological polar surface area (TPSA) is 61.0 Å². The molecule has 2 aromatic rings. The van der Waals surface area contributed by atoms with E-state index in [2.05, 4.69) is 4.98 Å². The van der Waals surface area contributed by atoms with Crippen LogP contribution < -0.4 is 0 Å². The summed E-state index contributed by atoms with van der Waals surface area (Å²) in [4.78, 5) is 13.7. The van der Waals surface area contributed by atoms with E-state index in [0.717, 1.165) is 6.07 Å². The van der Waals surface area contributed by atoms with Gasteiger partial charge in [-0.1, -0.05) is 6.07 Å². The second-order valence-corrected chi connectivity index (χ2v) is 2.83. The first kappa shape index (κ1) is 9.32. The average molecular weight is 207 g/mol. The van der Waals surface area contributed by atoms with Crippen LogP contribution in [0.2, 0.25) is 0 Å². The van der Waals surface area contributed by atoms with Crippen molar-refractivity contribution in [1.82, 2.24) is 9.55 Å². The third kappa shape index (κ3) is 1.56. The molecule has 1 aromatic carbocycles. The Balaban J connectivity index is 2.66. The minimum Gasteiger partial charge on any atom is -0.300 e. The molecule has 0 bridgehead atoms. The number of imidazole rings is 1. The summed E-state index contributed by atoms with van der Waals surface area (Å²) in [5.74, 6) is -0.855. The molecule has 76 valence electrons. The maximum absolute atomic E-state index is 13.2. The van der Waals surface area contributed by atoms with Gasteiger partial charge in [-0.3, -0.25) is 10.1 Å². The van der Waals surface area contributed by atoms with Gasteiger partial charge in [-0.2, -0.15) is 4.39 Å². The van der Waals surface area contributed by atoms with Crippen LogP contribution in [0.5, 0.6) is 0 Å². The molecule has 0 radical (unpaired) electrons. The molecule has 0 fully saturated rings. The number of rotatable bonds is 2. The number of hydrogen-bond donors (Lipinski definition) is 0. The van der Waals surface area contributed by atoms with Gasteiger partial charge in [0.25, 0.3) is 0 Å². The van der Waals surface area contributed by atoms with Gasteiger partial charge < -0.3 is 4.57 Å². The molecular formula is C9H6FN3O2. The summed E-state index contributed by atoms with van der Waals surface area (Å²) in [7, 11) is 0. The fourth-order valence-electron chi connectivity index (χ4n) is 1.29. The Labute approximate surface area is 83.9 Å². The molecular weight excluding hydrogens is 201 g/mol. The van der Waals surface area contributed by atoms with Crippen molar-refractivity contribution in [3.05, 3.63) is 52.9 Å². The Bertz CT molecular complexity index is 496. The number of nitro groups is 1. The molecule has 0 amide bonds. The molecule has 1 aromatic heterocycles. The van der Waals surface area contributed by atoms with E-state index in [4.69, 9.17) is 0 Å². The highest BCUT2D eigenvalue weighted by atomic mass is 19.1. The smallest absolute Gasteiger partial charge is 0.300 e. The third-order valence-corrected chi connectivity index (χ3v) is 1.93. The maximum Gasteiger partial charge on any atom is 0.328 e. The van der Waals surface area contributed by atoms with Crippen LogP contribution >= 0.6 is 0 Å². The molecule has 0 saturated carbocycles. The first-order chi connectivity index (χ1) is 7.20. The lowest BCUT2D eigenvalue weighted by Crippen LogP contribution is -2.00. The zero-order valence-corrected chi connectivity index (χ0v) is 7.50. The van der Waals surface area contributed by atoms with E-state index < -0.39 is 16.4 Å². The van der Waals surface area contributed by atoms with E-state index in [1.165, 1.54) is 35.4 Å². The minimum atomic E-state index is -0.855. The molecule has 0 aliphatic carbocycles. The zero-order valence-electron chi connectivity index (χ0n) is 7.50. The normalized spacial score (nSPS) is 10.2. The predicted molar refractivity (Wildman–Crippen MR) is 50.2 cm³/mol. The molecule has 0 unspecified atom stereocenters. The summed E-state index contributed by atoms with van der Waals surface area (Å²) in [5, 5.41) is 10.7. The molecule has 5 nitrogen and oxygen atoms in total. The largest absolute Gasteiger partial charge is 0.328 e. The fourth-order valence-corrected chi connectivity index (χ4v) is 1.29. The van der Waals surface area contributed by atoms with Gasteiger partial charge in [-0.15, -0.1) is 0 Å². The van der Waals surface area contributed by atoms with Gasteiger partial charge in [-0.25, -0.2) is 4.98 Å². The second-order valence-electron chi connectivity index (χ2n) is 2.83. The number of nitrogens with zero attached hydrogens (tertiary/aromatic N) is 3. The predicted octanol–water partition coefficient (Wildman–Crippen LogP) is 1.92. The lowest BCUT2D eigenvalue weighted by Gasteiger charge is -2.03. The summed E-state index contributed by atoms with van der Waals surface area (Å²) in [6.45, 7) is 0. The number of aromatic nitrogens is 2. The van der Waals surface area contributed by atoms with Gasteiger partial charge in [0, 0.05) is 12.4 Å². The molecule has 0 N–H and O–H groups in total. The fraction of sp³-hybridized carbons (Fsp3) is 0. The van der Waals surface area contributed by atoms with Crippen LogP contribution in [0.1, 0.15) is 0 Å². The van der Waals surface area contributed by atoms with Crippen molar-refractivity contribution in [3.63, 3.8) is 0 Å². The van der Waals surface area contributed by atoms with Crippen molar-refractivity contribution < 1.29 is 9.31 Å².